The van der Waals surface area contributed by atoms with Gasteiger partial charge in [0.2, 0.25) is 0 Å². The van der Waals surface area contributed by atoms with E-state index in [1.54, 1.807) is 0 Å². The van der Waals surface area contributed by atoms with Crippen LogP contribution < -0.4 is 4.90 Å². The Morgan fingerprint density at radius 2 is 1.20 bits per heavy atom. The van der Waals surface area contributed by atoms with Gasteiger partial charge in [-0.2, -0.15) is 0 Å². The van der Waals surface area contributed by atoms with Gasteiger partial charge in [0.05, 0.1) is 11.1 Å². The lowest BCUT2D eigenvalue weighted by atomic mass is 9.67. The fourth-order valence-electron chi connectivity index (χ4n) is 11.8. The summed E-state index contributed by atoms with van der Waals surface area (Å²) in [5.41, 5.74) is 17.9. The molecule has 2 saturated carbocycles. The molecular weight excluding hydrogens is 711 g/mol. The third-order valence-corrected chi connectivity index (χ3v) is 14.3. The van der Waals surface area contributed by atoms with Gasteiger partial charge in [0, 0.05) is 16.9 Å². The van der Waals surface area contributed by atoms with Crippen molar-refractivity contribution in [3.63, 3.8) is 0 Å². The molecule has 11 rings (SSSR count). The average Bonchev–Trinajstić information content (AvgIpc) is 4.00. The Kier molecular flexibility index (Phi) is 8.70. The summed E-state index contributed by atoms with van der Waals surface area (Å²) in [6.45, 7) is 6.94. The summed E-state index contributed by atoms with van der Waals surface area (Å²) in [6, 6.07) is 69.3. The molecule has 8 aromatic carbocycles. The molecule has 0 heterocycles. The van der Waals surface area contributed by atoms with Crippen molar-refractivity contribution in [2.24, 2.45) is 11.8 Å². The van der Waals surface area contributed by atoms with E-state index in [9.17, 15) is 0 Å². The molecule has 288 valence electrons. The molecule has 8 aromatic rings. The molecule has 2 fully saturated rings. The summed E-state index contributed by atoms with van der Waals surface area (Å²) in [5, 5.41) is 2.51. The first-order chi connectivity index (χ1) is 29.0. The normalized spacial score (nSPS) is 18.6. The quantitative estimate of drug-likeness (QED) is 0.149. The first-order valence-electron chi connectivity index (χ1n) is 21.9. The monoisotopic (exact) mass is 761 g/mol. The summed E-state index contributed by atoms with van der Waals surface area (Å²) in [5.74, 6) is 2.54. The lowest BCUT2D eigenvalue weighted by molar-refractivity contribution is 0.420. The van der Waals surface area contributed by atoms with Gasteiger partial charge in [-0.25, -0.2) is 0 Å². The van der Waals surface area contributed by atoms with Gasteiger partial charge in [0.15, 0.2) is 0 Å². The second kappa shape index (κ2) is 14.3. The SMILES string of the molecule is Cc1cccc2c1-c1ccc(N(c3cc4ccccc4cc3-c3ccccc3C(C)C)c3ccccc3C3CC4CCC3C4)cc1C2(c1ccccc1)c1ccccc1. The van der Waals surface area contributed by atoms with Crippen molar-refractivity contribution >= 4 is 27.8 Å². The Labute approximate surface area is 350 Å². The van der Waals surface area contributed by atoms with E-state index in [0.717, 1.165) is 11.8 Å². The molecule has 59 heavy (non-hydrogen) atoms. The molecule has 0 aliphatic heterocycles. The number of para-hydroxylation sites is 1. The number of anilines is 3. The third-order valence-electron chi connectivity index (χ3n) is 14.3. The standard InChI is InChI=1S/C58H51N/c1-38(2)47-24-12-13-25-48(47)52-35-41-18-10-11-19-42(41)36-56(52)59(55-28-15-14-26-49(55)51-34-40-29-30-43(51)33-40)46-31-32-50-54(37-46)58(44-20-6-4-7-21-44,45-22-8-5-9-23-45)53-27-16-17-39(3)57(50)53/h4-28,31-32,35-38,40,43,51H,29-30,33-34H2,1-3H3. The minimum atomic E-state index is -0.499. The van der Waals surface area contributed by atoms with Crippen molar-refractivity contribution in [1.29, 1.82) is 0 Å². The van der Waals surface area contributed by atoms with E-state index in [4.69, 9.17) is 0 Å². The summed E-state index contributed by atoms with van der Waals surface area (Å²) in [4.78, 5) is 2.66. The molecule has 0 saturated heterocycles. The van der Waals surface area contributed by atoms with Gasteiger partial charge in [-0.3, -0.25) is 0 Å². The van der Waals surface area contributed by atoms with Crippen molar-refractivity contribution < 1.29 is 0 Å². The van der Waals surface area contributed by atoms with E-state index in [1.807, 2.05) is 0 Å². The molecule has 1 heteroatoms. The maximum absolute atomic E-state index is 2.66. The Hall–Kier alpha value is -6.18. The van der Waals surface area contributed by atoms with Crippen LogP contribution in [0.25, 0.3) is 33.0 Å². The maximum atomic E-state index is 2.66. The van der Waals surface area contributed by atoms with Crippen LogP contribution in [0.3, 0.4) is 0 Å². The molecule has 1 nitrogen and oxygen atoms in total. The molecule has 0 N–H and O–H groups in total. The first-order valence-corrected chi connectivity index (χ1v) is 21.9. The topological polar surface area (TPSA) is 3.24 Å². The van der Waals surface area contributed by atoms with Crippen LogP contribution in [0.2, 0.25) is 0 Å². The van der Waals surface area contributed by atoms with Crippen molar-refractivity contribution in [1.82, 2.24) is 0 Å². The van der Waals surface area contributed by atoms with Crippen molar-refractivity contribution in [2.75, 3.05) is 4.90 Å². The highest BCUT2D eigenvalue weighted by Crippen LogP contribution is 2.60. The first kappa shape index (κ1) is 35.9. The van der Waals surface area contributed by atoms with E-state index in [0.29, 0.717) is 11.8 Å². The Bertz CT molecular complexity index is 2810. The van der Waals surface area contributed by atoms with Crippen LogP contribution in [0.1, 0.15) is 90.3 Å². The summed E-state index contributed by atoms with van der Waals surface area (Å²) in [7, 11) is 0. The van der Waals surface area contributed by atoms with E-state index in [-0.39, 0.29) is 0 Å². The lowest BCUT2D eigenvalue weighted by Crippen LogP contribution is -2.29. The summed E-state index contributed by atoms with van der Waals surface area (Å²) < 4.78 is 0. The zero-order valence-electron chi connectivity index (χ0n) is 34.4. The molecular formula is C58H51N. The maximum Gasteiger partial charge on any atom is 0.0714 e. The van der Waals surface area contributed by atoms with E-state index in [1.165, 1.54) is 115 Å². The van der Waals surface area contributed by atoms with Gasteiger partial charge in [-0.15, -0.1) is 0 Å². The van der Waals surface area contributed by atoms with Gasteiger partial charge >= 0.3 is 0 Å². The second-order valence-electron chi connectivity index (χ2n) is 17.8. The Morgan fingerprint density at radius 1 is 0.525 bits per heavy atom. The van der Waals surface area contributed by atoms with Gasteiger partial charge in [-0.05, 0) is 147 Å². The molecule has 3 aliphatic carbocycles. The highest BCUT2D eigenvalue weighted by Gasteiger charge is 2.47. The lowest BCUT2D eigenvalue weighted by Gasteiger charge is -2.36. The van der Waals surface area contributed by atoms with Crippen LogP contribution in [-0.4, -0.2) is 0 Å². The van der Waals surface area contributed by atoms with E-state index in [2.05, 4.69) is 208 Å². The van der Waals surface area contributed by atoms with Gasteiger partial charge in [0.1, 0.15) is 0 Å². The molecule has 3 aliphatic rings. The van der Waals surface area contributed by atoms with Crippen molar-refractivity contribution in [3.8, 4) is 22.3 Å². The number of nitrogens with zero attached hydrogens (tertiary/aromatic N) is 1. The highest BCUT2D eigenvalue weighted by atomic mass is 15.1. The van der Waals surface area contributed by atoms with Crippen LogP contribution in [0, 0.1) is 18.8 Å². The highest BCUT2D eigenvalue weighted by molar-refractivity contribution is 6.00. The Balaban J connectivity index is 1.24. The number of hydrogen-bond donors (Lipinski definition) is 0. The van der Waals surface area contributed by atoms with Crippen LogP contribution in [0.5, 0.6) is 0 Å². The Morgan fingerprint density at radius 3 is 1.92 bits per heavy atom. The van der Waals surface area contributed by atoms with Crippen molar-refractivity contribution in [2.45, 2.75) is 63.7 Å². The zero-order valence-corrected chi connectivity index (χ0v) is 34.4. The predicted molar refractivity (Wildman–Crippen MR) is 248 cm³/mol. The van der Waals surface area contributed by atoms with Crippen molar-refractivity contribution in [3.05, 3.63) is 221 Å². The largest absolute Gasteiger partial charge is 0.310 e. The van der Waals surface area contributed by atoms with Gasteiger partial charge < -0.3 is 4.90 Å². The number of benzene rings is 8. The minimum Gasteiger partial charge on any atom is -0.310 e. The molecule has 3 unspecified atom stereocenters. The zero-order chi connectivity index (χ0) is 39.7. The number of aryl methyl sites for hydroxylation is 1. The summed E-state index contributed by atoms with van der Waals surface area (Å²) in [6.07, 6.45) is 5.40. The fraction of sp³-hybridized carbons (Fsp3) is 0.207. The molecule has 0 amide bonds. The third kappa shape index (κ3) is 5.65. The number of rotatable bonds is 8. The summed E-state index contributed by atoms with van der Waals surface area (Å²) >= 11 is 0. The molecule has 0 radical (unpaired) electrons. The minimum absolute atomic E-state index is 0.374. The van der Waals surface area contributed by atoms with E-state index < -0.39 is 5.41 Å². The molecule has 0 spiro atoms. The van der Waals surface area contributed by atoms with E-state index >= 15 is 0 Å². The second-order valence-corrected chi connectivity index (χ2v) is 17.8. The smallest absolute Gasteiger partial charge is 0.0714 e. The van der Waals surface area contributed by atoms with Crippen LogP contribution in [-0.2, 0) is 5.41 Å². The fourth-order valence-corrected chi connectivity index (χ4v) is 11.8. The van der Waals surface area contributed by atoms with Gasteiger partial charge in [0.25, 0.3) is 0 Å². The molecule has 0 aromatic heterocycles. The molecule has 2 bridgehead atoms. The van der Waals surface area contributed by atoms with Gasteiger partial charge in [-0.1, -0.05) is 172 Å². The van der Waals surface area contributed by atoms with Crippen LogP contribution in [0.15, 0.2) is 182 Å². The molecule has 3 atom stereocenters. The van der Waals surface area contributed by atoms with Crippen LogP contribution in [0.4, 0.5) is 17.1 Å². The van der Waals surface area contributed by atoms with Crippen LogP contribution >= 0.6 is 0 Å². The number of hydrogen-bond acceptors (Lipinski definition) is 1. The number of fused-ring (bicyclic) bond motifs is 6. The predicted octanol–water partition coefficient (Wildman–Crippen LogP) is 15.7. The average molecular weight is 762 g/mol.